The lowest BCUT2D eigenvalue weighted by Gasteiger charge is -2.19. The molecule has 0 amide bonds. The van der Waals surface area contributed by atoms with E-state index in [4.69, 9.17) is 0 Å². The monoisotopic (exact) mass is 328 g/mol. The van der Waals surface area contributed by atoms with Crippen LogP contribution in [0.3, 0.4) is 0 Å². The maximum atomic E-state index is 13.1. The second-order valence-electron chi connectivity index (χ2n) is 5.93. The molecule has 0 bridgehead atoms. The Morgan fingerprint density at radius 3 is 1.88 bits per heavy atom. The third-order valence-electron chi connectivity index (χ3n) is 4.31. The number of hydrogen-bond acceptors (Lipinski definition) is 1. The van der Waals surface area contributed by atoms with Gasteiger partial charge in [0.15, 0.2) is 0 Å². The molecule has 0 spiro atoms. The SMILES string of the molecule is Fc1ccc(-c2ccc(C(c3ccccc3)n3cccn3)cc2)cc1. The highest BCUT2D eigenvalue weighted by atomic mass is 19.1. The van der Waals surface area contributed by atoms with Crippen LogP contribution in [0, 0.1) is 5.82 Å². The minimum absolute atomic E-state index is 0.0264. The molecule has 1 unspecified atom stereocenters. The van der Waals surface area contributed by atoms with Crippen LogP contribution in [-0.4, -0.2) is 9.78 Å². The van der Waals surface area contributed by atoms with Crippen molar-refractivity contribution in [2.75, 3.05) is 0 Å². The lowest BCUT2D eigenvalue weighted by Crippen LogP contribution is -2.12. The predicted molar refractivity (Wildman–Crippen MR) is 97.7 cm³/mol. The maximum absolute atomic E-state index is 13.1. The average Bonchev–Trinajstić information content (AvgIpc) is 3.18. The maximum Gasteiger partial charge on any atom is 0.123 e. The molecule has 0 saturated carbocycles. The zero-order chi connectivity index (χ0) is 17.1. The van der Waals surface area contributed by atoms with Crippen molar-refractivity contribution in [1.29, 1.82) is 0 Å². The van der Waals surface area contributed by atoms with Crippen molar-refractivity contribution in [2.24, 2.45) is 0 Å². The number of nitrogens with zero attached hydrogens (tertiary/aromatic N) is 2. The highest BCUT2D eigenvalue weighted by Crippen LogP contribution is 2.28. The van der Waals surface area contributed by atoms with Crippen LogP contribution >= 0.6 is 0 Å². The van der Waals surface area contributed by atoms with E-state index in [2.05, 4.69) is 41.5 Å². The second kappa shape index (κ2) is 6.73. The fourth-order valence-electron chi connectivity index (χ4n) is 3.07. The largest absolute Gasteiger partial charge is 0.261 e. The Kier molecular flexibility index (Phi) is 4.13. The summed E-state index contributed by atoms with van der Waals surface area (Å²) in [6.45, 7) is 0. The van der Waals surface area contributed by atoms with Crippen molar-refractivity contribution < 1.29 is 4.39 Å². The molecule has 1 atom stereocenters. The van der Waals surface area contributed by atoms with E-state index in [1.165, 1.54) is 17.7 Å². The van der Waals surface area contributed by atoms with Gasteiger partial charge in [-0.2, -0.15) is 5.10 Å². The summed E-state index contributed by atoms with van der Waals surface area (Å²) in [5.41, 5.74) is 4.40. The molecule has 0 aliphatic rings. The summed E-state index contributed by atoms with van der Waals surface area (Å²) in [6.07, 6.45) is 3.77. The van der Waals surface area contributed by atoms with Crippen molar-refractivity contribution in [2.45, 2.75) is 6.04 Å². The average molecular weight is 328 g/mol. The highest BCUT2D eigenvalue weighted by Gasteiger charge is 2.16. The van der Waals surface area contributed by atoms with E-state index in [1.54, 1.807) is 18.3 Å². The fraction of sp³-hybridized carbons (Fsp3) is 0.0455. The van der Waals surface area contributed by atoms with Gasteiger partial charge in [-0.05, 0) is 40.5 Å². The van der Waals surface area contributed by atoms with Crippen LogP contribution in [0.5, 0.6) is 0 Å². The highest BCUT2D eigenvalue weighted by molar-refractivity contribution is 5.63. The van der Waals surface area contributed by atoms with Crippen molar-refractivity contribution in [3.63, 3.8) is 0 Å². The number of hydrogen-bond donors (Lipinski definition) is 0. The number of aromatic nitrogens is 2. The van der Waals surface area contributed by atoms with Crippen LogP contribution in [0.1, 0.15) is 17.2 Å². The van der Waals surface area contributed by atoms with Crippen LogP contribution in [0.15, 0.2) is 97.3 Å². The zero-order valence-corrected chi connectivity index (χ0v) is 13.6. The predicted octanol–water partition coefficient (Wildman–Crippen LogP) is 5.33. The van der Waals surface area contributed by atoms with E-state index in [-0.39, 0.29) is 11.9 Å². The first kappa shape index (κ1) is 15.3. The molecule has 122 valence electrons. The van der Waals surface area contributed by atoms with Crippen molar-refractivity contribution in [3.8, 4) is 11.1 Å². The molecule has 0 N–H and O–H groups in total. The first-order chi connectivity index (χ1) is 12.3. The van der Waals surface area contributed by atoms with Crippen LogP contribution in [0.25, 0.3) is 11.1 Å². The number of halogens is 1. The van der Waals surface area contributed by atoms with Crippen molar-refractivity contribution >= 4 is 0 Å². The smallest absolute Gasteiger partial charge is 0.123 e. The van der Waals surface area contributed by atoms with Gasteiger partial charge in [0, 0.05) is 12.4 Å². The van der Waals surface area contributed by atoms with Gasteiger partial charge >= 0.3 is 0 Å². The summed E-state index contributed by atoms with van der Waals surface area (Å²) >= 11 is 0. The first-order valence-corrected chi connectivity index (χ1v) is 8.21. The molecule has 25 heavy (non-hydrogen) atoms. The van der Waals surface area contributed by atoms with Crippen LogP contribution in [-0.2, 0) is 0 Å². The van der Waals surface area contributed by atoms with Crippen LogP contribution in [0.4, 0.5) is 4.39 Å². The normalized spacial score (nSPS) is 12.0. The number of rotatable bonds is 4. The standard InChI is InChI=1S/C22H17FN2/c23-21-13-11-18(12-14-21)17-7-9-20(10-8-17)22(25-16-4-15-24-25)19-5-2-1-3-6-19/h1-16,22H. The lowest BCUT2D eigenvalue weighted by molar-refractivity contribution is 0.595. The Bertz CT molecular complexity index is 928. The summed E-state index contributed by atoms with van der Waals surface area (Å²) < 4.78 is 15.1. The molecule has 1 heterocycles. The second-order valence-corrected chi connectivity index (χ2v) is 5.93. The van der Waals surface area contributed by atoms with Crippen LogP contribution in [0.2, 0.25) is 0 Å². The molecule has 4 rings (SSSR count). The lowest BCUT2D eigenvalue weighted by atomic mass is 9.96. The molecule has 0 saturated heterocycles. The molecule has 1 aromatic heterocycles. The van der Waals surface area contributed by atoms with Gasteiger partial charge in [0.25, 0.3) is 0 Å². The molecule has 3 heteroatoms. The van der Waals surface area contributed by atoms with Gasteiger partial charge < -0.3 is 0 Å². The number of benzene rings is 3. The molecule has 0 radical (unpaired) electrons. The molecule has 4 aromatic rings. The Morgan fingerprint density at radius 2 is 1.28 bits per heavy atom. The summed E-state index contributed by atoms with van der Waals surface area (Å²) in [5, 5.41) is 4.43. The van der Waals surface area contributed by atoms with Gasteiger partial charge in [-0.25, -0.2) is 4.39 Å². The van der Waals surface area contributed by atoms with E-state index in [0.29, 0.717) is 0 Å². The Labute approximate surface area is 146 Å². The Hall–Kier alpha value is -3.20. The zero-order valence-electron chi connectivity index (χ0n) is 13.6. The molecule has 2 nitrogen and oxygen atoms in total. The van der Waals surface area contributed by atoms with Gasteiger partial charge in [-0.15, -0.1) is 0 Å². The van der Waals surface area contributed by atoms with Gasteiger partial charge in [-0.3, -0.25) is 4.68 Å². The summed E-state index contributed by atoms with van der Waals surface area (Å²) in [7, 11) is 0. The van der Waals surface area contributed by atoms with E-state index in [9.17, 15) is 4.39 Å². The fourth-order valence-corrected chi connectivity index (χ4v) is 3.07. The van der Waals surface area contributed by atoms with E-state index < -0.39 is 0 Å². The van der Waals surface area contributed by atoms with Gasteiger partial charge in [0.1, 0.15) is 11.9 Å². The molecule has 0 aliphatic heterocycles. The van der Waals surface area contributed by atoms with Gasteiger partial charge in [-0.1, -0.05) is 66.7 Å². The first-order valence-electron chi connectivity index (χ1n) is 8.21. The molecule has 0 fully saturated rings. The summed E-state index contributed by atoms with van der Waals surface area (Å²) in [5.74, 6) is -0.219. The van der Waals surface area contributed by atoms with Gasteiger partial charge in [0.05, 0.1) is 0 Å². The third-order valence-corrected chi connectivity index (χ3v) is 4.31. The summed E-state index contributed by atoms with van der Waals surface area (Å²) in [6, 6.07) is 27.2. The van der Waals surface area contributed by atoms with Crippen molar-refractivity contribution in [1.82, 2.24) is 9.78 Å². The molecular weight excluding hydrogens is 311 g/mol. The Morgan fingerprint density at radius 1 is 0.680 bits per heavy atom. The van der Waals surface area contributed by atoms with Gasteiger partial charge in [0.2, 0.25) is 0 Å². The minimum Gasteiger partial charge on any atom is -0.261 e. The van der Waals surface area contributed by atoms with Crippen molar-refractivity contribution in [3.05, 3.63) is 114 Å². The van der Waals surface area contributed by atoms with E-state index >= 15 is 0 Å². The molecule has 3 aromatic carbocycles. The third kappa shape index (κ3) is 3.22. The topological polar surface area (TPSA) is 17.8 Å². The van der Waals surface area contributed by atoms with E-state index in [0.717, 1.165) is 16.7 Å². The molecular formula is C22H17FN2. The minimum atomic E-state index is -0.219. The van der Waals surface area contributed by atoms with Crippen LogP contribution < -0.4 is 0 Å². The van der Waals surface area contributed by atoms with E-state index in [1.807, 2.05) is 35.1 Å². The molecule has 0 aliphatic carbocycles. The Balaban J connectivity index is 1.72. The quantitative estimate of drug-likeness (QED) is 0.495. The summed E-state index contributed by atoms with van der Waals surface area (Å²) in [4.78, 5) is 0.